The molecule has 2 fully saturated rings. The minimum atomic E-state index is 0.0721. The van der Waals surface area contributed by atoms with Crippen molar-refractivity contribution in [2.45, 2.75) is 30.9 Å². The van der Waals surface area contributed by atoms with Crippen LogP contribution in [0.5, 0.6) is 0 Å². The molecule has 2 aromatic rings. The van der Waals surface area contributed by atoms with E-state index in [0.717, 1.165) is 39.1 Å². The van der Waals surface area contributed by atoms with Crippen LogP contribution in [0.4, 0.5) is 0 Å². The Hall–Kier alpha value is -1.71. The van der Waals surface area contributed by atoms with Crippen LogP contribution in [0, 0.1) is 0 Å². The molecule has 3 heterocycles. The summed E-state index contributed by atoms with van der Waals surface area (Å²) in [6.07, 6.45) is 6.10. The van der Waals surface area contributed by atoms with Crippen LogP contribution in [-0.4, -0.2) is 35.2 Å². The Morgan fingerprint density at radius 1 is 1.18 bits per heavy atom. The van der Waals surface area contributed by atoms with Gasteiger partial charge in [-0.2, -0.15) is 0 Å². The van der Waals surface area contributed by atoms with Crippen molar-refractivity contribution < 1.29 is 4.74 Å². The lowest BCUT2D eigenvalue weighted by Crippen LogP contribution is -2.32. The van der Waals surface area contributed by atoms with Gasteiger partial charge in [-0.25, -0.2) is 0 Å². The van der Waals surface area contributed by atoms with Crippen molar-refractivity contribution in [2.24, 2.45) is 0 Å². The zero-order valence-electron chi connectivity index (χ0n) is 12.8. The minimum Gasteiger partial charge on any atom is -0.373 e. The summed E-state index contributed by atoms with van der Waals surface area (Å²) >= 11 is 0. The van der Waals surface area contributed by atoms with Gasteiger partial charge < -0.3 is 4.74 Å². The number of aromatic nitrogens is 1. The van der Waals surface area contributed by atoms with Crippen molar-refractivity contribution in [3.63, 3.8) is 0 Å². The van der Waals surface area contributed by atoms with Crippen molar-refractivity contribution in [3.05, 3.63) is 66.0 Å². The summed E-state index contributed by atoms with van der Waals surface area (Å²) in [5.41, 5.74) is 2.78. The molecular formula is C19H22N2O. The lowest BCUT2D eigenvalue weighted by molar-refractivity contribution is 0.0118. The average molecular weight is 294 g/mol. The van der Waals surface area contributed by atoms with Gasteiger partial charge in [-0.1, -0.05) is 36.4 Å². The van der Waals surface area contributed by atoms with E-state index < -0.39 is 0 Å². The fourth-order valence-corrected chi connectivity index (χ4v) is 3.88. The molecule has 2 aliphatic heterocycles. The maximum atomic E-state index is 6.28. The maximum Gasteiger partial charge on any atom is 0.0828 e. The van der Waals surface area contributed by atoms with Crippen molar-refractivity contribution >= 4 is 0 Å². The topological polar surface area (TPSA) is 25.4 Å². The first kappa shape index (κ1) is 13.9. The van der Waals surface area contributed by atoms with Crippen LogP contribution in [0.1, 0.15) is 29.9 Å². The molecule has 0 N–H and O–H groups in total. The van der Waals surface area contributed by atoms with Crippen molar-refractivity contribution in [1.82, 2.24) is 9.88 Å². The highest BCUT2D eigenvalue weighted by atomic mass is 16.5. The Labute approximate surface area is 131 Å². The second-order valence-corrected chi connectivity index (χ2v) is 6.63. The van der Waals surface area contributed by atoms with E-state index >= 15 is 0 Å². The van der Waals surface area contributed by atoms with Crippen molar-refractivity contribution in [1.29, 1.82) is 0 Å². The van der Waals surface area contributed by atoms with E-state index in [-0.39, 0.29) is 5.60 Å². The van der Waals surface area contributed by atoms with E-state index in [1.54, 1.807) is 0 Å². The average Bonchev–Trinajstić information content (AvgIpc) is 3.17. The Balaban J connectivity index is 1.40. The predicted molar refractivity (Wildman–Crippen MR) is 86.6 cm³/mol. The molecule has 3 heteroatoms. The molecule has 1 spiro atoms. The molecule has 2 saturated heterocycles. The summed E-state index contributed by atoms with van der Waals surface area (Å²) in [4.78, 5) is 6.71. The van der Waals surface area contributed by atoms with E-state index in [4.69, 9.17) is 4.74 Å². The van der Waals surface area contributed by atoms with Crippen LogP contribution >= 0.6 is 0 Å². The smallest absolute Gasteiger partial charge is 0.0828 e. The normalized spacial score (nSPS) is 28.5. The monoisotopic (exact) mass is 294 g/mol. The number of hydrogen-bond acceptors (Lipinski definition) is 3. The standard InChI is InChI=1S/C19H22N2O/c1-2-6-17(7-3-1)18-11-19(22-14-18)8-10-21(15-19)13-16-5-4-9-20-12-16/h1-7,9,12,18H,8,10-11,13-15H2. The molecule has 2 aliphatic rings. The van der Waals surface area contributed by atoms with Gasteiger partial charge in [-0.15, -0.1) is 0 Å². The van der Waals surface area contributed by atoms with E-state index in [0.29, 0.717) is 5.92 Å². The van der Waals surface area contributed by atoms with Gasteiger partial charge in [0, 0.05) is 37.9 Å². The molecule has 1 aromatic heterocycles. The van der Waals surface area contributed by atoms with E-state index in [1.165, 1.54) is 11.1 Å². The molecule has 1 aromatic carbocycles. The van der Waals surface area contributed by atoms with Crippen LogP contribution in [0.3, 0.4) is 0 Å². The van der Waals surface area contributed by atoms with Crippen molar-refractivity contribution in [2.75, 3.05) is 19.7 Å². The fourth-order valence-electron chi connectivity index (χ4n) is 3.88. The molecule has 4 rings (SSSR count). The summed E-state index contributed by atoms with van der Waals surface area (Å²) < 4.78 is 6.28. The maximum absolute atomic E-state index is 6.28. The van der Waals surface area contributed by atoms with Gasteiger partial charge in [-0.05, 0) is 30.0 Å². The number of benzene rings is 1. The number of hydrogen-bond donors (Lipinski definition) is 0. The largest absolute Gasteiger partial charge is 0.373 e. The van der Waals surface area contributed by atoms with Crippen LogP contribution in [-0.2, 0) is 11.3 Å². The van der Waals surface area contributed by atoms with Crippen molar-refractivity contribution in [3.8, 4) is 0 Å². The zero-order chi connectivity index (χ0) is 14.8. The SMILES string of the molecule is c1ccc(C2COC3(CCN(Cc4cccnc4)C3)C2)cc1. The number of pyridine rings is 1. The minimum absolute atomic E-state index is 0.0721. The molecule has 2 atom stereocenters. The highest BCUT2D eigenvalue weighted by Crippen LogP contribution is 2.42. The van der Waals surface area contributed by atoms with Crippen LogP contribution in [0.25, 0.3) is 0 Å². The van der Waals surface area contributed by atoms with Gasteiger partial charge in [0.2, 0.25) is 0 Å². The highest BCUT2D eigenvalue weighted by Gasteiger charge is 2.45. The summed E-state index contributed by atoms with van der Waals surface area (Å²) in [5.74, 6) is 0.555. The quantitative estimate of drug-likeness (QED) is 0.869. The van der Waals surface area contributed by atoms with E-state index in [9.17, 15) is 0 Å². The van der Waals surface area contributed by atoms with Gasteiger partial charge in [-0.3, -0.25) is 9.88 Å². The molecule has 0 aliphatic carbocycles. The second-order valence-electron chi connectivity index (χ2n) is 6.63. The Kier molecular flexibility index (Phi) is 3.68. The second kappa shape index (κ2) is 5.82. The summed E-state index contributed by atoms with van der Waals surface area (Å²) in [5, 5.41) is 0. The zero-order valence-corrected chi connectivity index (χ0v) is 12.8. The molecule has 0 amide bonds. The molecule has 0 bridgehead atoms. The first-order chi connectivity index (χ1) is 10.8. The van der Waals surface area contributed by atoms with Gasteiger partial charge >= 0.3 is 0 Å². The molecule has 0 saturated carbocycles. The highest BCUT2D eigenvalue weighted by molar-refractivity contribution is 5.22. The number of likely N-dealkylation sites (tertiary alicyclic amines) is 1. The molecule has 0 radical (unpaired) electrons. The first-order valence-electron chi connectivity index (χ1n) is 8.13. The predicted octanol–water partition coefficient (Wildman–Crippen LogP) is 3.23. The van der Waals surface area contributed by atoms with Crippen LogP contribution in [0.2, 0.25) is 0 Å². The Bertz CT molecular complexity index is 616. The van der Waals surface area contributed by atoms with Gasteiger partial charge in [0.15, 0.2) is 0 Å². The van der Waals surface area contributed by atoms with Crippen LogP contribution < -0.4 is 0 Å². The number of nitrogens with zero attached hydrogens (tertiary/aromatic N) is 2. The lowest BCUT2D eigenvalue weighted by Gasteiger charge is -2.23. The van der Waals surface area contributed by atoms with Gasteiger partial charge in [0.25, 0.3) is 0 Å². The summed E-state index contributed by atoms with van der Waals surface area (Å²) in [6.45, 7) is 4.02. The van der Waals surface area contributed by atoms with Gasteiger partial charge in [0.1, 0.15) is 0 Å². The number of ether oxygens (including phenoxy) is 1. The molecule has 2 unspecified atom stereocenters. The fraction of sp³-hybridized carbons (Fsp3) is 0.421. The Morgan fingerprint density at radius 3 is 2.91 bits per heavy atom. The molecular weight excluding hydrogens is 272 g/mol. The molecule has 22 heavy (non-hydrogen) atoms. The first-order valence-corrected chi connectivity index (χ1v) is 8.13. The third-order valence-electron chi connectivity index (χ3n) is 5.00. The van der Waals surface area contributed by atoms with Crippen LogP contribution in [0.15, 0.2) is 54.9 Å². The molecule has 114 valence electrons. The van der Waals surface area contributed by atoms with E-state index in [2.05, 4.69) is 46.3 Å². The Morgan fingerprint density at radius 2 is 2.09 bits per heavy atom. The van der Waals surface area contributed by atoms with Gasteiger partial charge in [0.05, 0.1) is 12.2 Å². The lowest BCUT2D eigenvalue weighted by atomic mass is 9.89. The van der Waals surface area contributed by atoms with E-state index in [1.807, 2.05) is 18.5 Å². The third kappa shape index (κ3) is 2.79. The third-order valence-corrected chi connectivity index (χ3v) is 5.00. The molecule has 3 nitrogen and oxygen atoms in total. The summed E-state index contributed by atoms with van der Waals surface area (Å²) in [6, 6.07) is 15.0. The number of rotatable bonds is 3. The summed E-state index contributed by atoms with van der Waals surface area (Å²) in [7, 11) is 0.